The van der Waals surface area contributed by atoms with Crippen LogP contribution in [0.4, 0.5) is 5.69 Å². The van der Waals surface area contributed by atoms with Gasteiger partial charge in [0.2, 0.25) is 0 Å². The number of aryl methyl sites for hydroxylation is 1. The molecule has 0 N–H and O–H groups in total. The van der Waals surface area contributed by atoms with Gasteiger partial charge in [0.15, 0.2) is 6.61 Å². The number of carbonyl (C=O) groups excluding carboxylic acids is 1. The van der Waals surface area contributed by atoms with Crippen LogP contribution in [0.2, 0.25) is 0 Å². The van der Waals surface area contributed by atoms with Gasteiger partial charge in [0.25, 0.3) is 5.91 Å². The van der Waals surface area contributed by atoms with Gasteiger partial charge in [-0.25, -0.2) is 0 Å². The number of anilines is 1. The average molecular weight is 283 g/mol. The third-order valence-electron chi connectivity index (χ3n) is 3.17. The molecule has 2 aromatic rings. The van der Waals surface area contributed by atoms with Crippen molar-refractivity contribution in [1.29, 1.82) is 0 Å². The molecule has 0 aliphatic heterocycles. The SMILES string of the molecule is CCCN(C(=O)COc1cccc(C)c1)c1ccccc1. The van der Waals surface area contributed by atoms with Gasteiger partial charge in [0.1, 0.15) is 5.75 Å². The molecule has 21 heavy (non-hydrogen) atoms. The highest BCUT2D eigenvalue weighted by atomic mass is 16.5. The Morgan fingerprint density at radius 2 is 1.86 bits per heavy atom. The number of amides is 1. The van der Waals surface area contributed by atoms with Gasteiger partial charge >= 0.3 is 0 Å². The van der Waals surface area contributed by atoms with E-state index in [-0.39, 0.29) is 12.5 Å². The van der Waals surface area contributed by atoms with Crippen LogP contribution in [0, 0.1) is 6.92 Å². The summed E-state index contributed by atoms with van der Waals surface area (Å²) in [5, 5.41) is 0. The molecule has 0 fully saturated rings. The summed E-state index contributed by atoms with van der Waals surface area (Å²) in [6, 6.07) is 17.4. The van der Waals surface area contributed by atoms with Crippen molar-refractivity contribution in [2.75, 3.05) is 18.1 Å². The normalized spacial score (nSPS) is 10.2. The number of hydrogen-bond acceptors (Lipinski definition) is 2. The van der Waals surface area contributed by atoms with Gasteiger partial charge in [-0.15, -0.1) is 0 Å². The summed E-state index contributed by atoms with van der Waals surface area (Å²) in [6.45, 7) is 4.81. The van der Waals surface area contributed by atoms with Crippen molar-refractivity contribution >= 4 is 11.6 Å². The lowest BCUT2D eigenvalue weighted by atomic mass is 10.2. The second-order valence-corrected chi connectivity index (χ2v) is 4.99. The Kier molecular flexibility index (Phi) is 5.38. The zero-order valence-corrected chi connectivity index (χ0v) is 12.6. The monoisotopic (exact) mass is 283 g/mol. The highest BCUT2D eigenvalue weighted by Crippen LogP contribution is 2.16. The van der Waals surface area contributed by atoms with E-state index in [1.54, 1.807) is 4.90 Å². The Labute approximate surface area is 126 Å². The zero-order chi connectivity index (χ0) is 15.1. The maximum absolute atomic E-state index is 12.4. The van der Waals surface area contributed by atoms with Crippen molar-refractivity contribution in [3.8, 4) is 5.75 Å². The van der Waals surface area contributed by atoms with Crippen LogP contribution in [-0.2, 0) is 4.79 Å². The molecule has 0 aliphatic rings. The van der Waals surface area contributed by atoms with Crippen LogP contribution in [0.1, 0.15) is 18.9 Å². The van der Waals surface area contributed by atoms with Crippen LogP contribution < -0.4 is 9.64 Å². The van der Waals surface area contributed by atoms with E-state index >= 15 is 0 Å². The van der Waals surface area contributed by atoms with Crippen molar-refractivity contribution in [3.63, 3.8) is 0 Å². The van der Waals surface area contributed by atoms with Gasteiger partial charge in [-0.2, -0.15) is 0 Å². The van der Waals surface area contributed by atoms with E-state index < -0.39 is 0 Å². The summed E-state index contributed by atoms with van der Waals surface area (Å²) in [5.41, 5.74) is 2.03. The largest absolute Gasteiger partial charge is 0.484 e. The molecule has 0 heterocycles. The first-order chi connectivity index (χ1) is 10.2. The van der Waals surface area contributed by atoms with E-state index in [4.69, 9.17) is 4.74 Å². The van der Waals surface area contributed by atoms with E-state index in [0.29, 0.717) is 6.54 Å². The van der Waals surface area contributed by atoms with Crippen LogP contribution in [0.5, 0.6) is 5.75 Å². The number of hydrogen-bond donors (Lipinski definition) is 0. The highest BCUT2D eigenvalue weighted by Gasteiger charge is 2.15. The van der Waals surface area contributed by atoms with E-state index in [1.165, 1.54) is 0 Å². The Bertz CT molecular complexity index is 581. The predicted octanol–water partition coefficient (Wildman–Crippen LogP) is 3.82. The number of ether oxygens (including phenoxy) is 1. The number of benzene rings is 2. The lowest BCUT2D eigenvalue weighted by molar-refractivity contribution is -0.120. The van der Waals surface area contributed by atoms with Crippen LogP contribution in [-0.4, -0.2) is 19.1 Å². The maximum Gasteiger partial charge on any atom is 0.264 e. The van der Waals surface area contributed by atoms with Gasteiger partial charge in [0.05, 0.1) is 0 Å². The lowest BCUT2D eigenvalue weighted by Gasteiger charge is -2.22. The molecule has 0 aliphatic carbocycles. The average Bonchev–Trinajstić information content (AvgIpc) is 2.51. The summed E-state index contributed by atoms with van der Waals surface area (Å²) < 4.78 is 5.61. The smallest absolute Gasteiger partial charge is 0.264 e. The molecule has 0 unspecified atom stereocenters. The molecule has 0 aromatic heterocycles. The summed E-state index contributed by atoms with van der Waals surface area (Å²) in [4.78, 5) is 14.2. The van der Waals surface area contributed by atoms with E-state index in [2.05, 4.69) is 6.92 Å². The standard InChI is InChI=1S/C18H21NO2/c1-3-12-19(16-9-5-4-6-10-16)18(20)14-21-17-11-7-8-15(2)13-17/h4-11,13H,3,12,14H2,1-2H3. The third-order valence-corrected chi connectivity index (χ3v) is 3.17. The highest BCUT2D eigenvalue weighted by molar-refractivity contribution is 5.94. The number of para-hydroxylation sites is 1. The summed E-state index contributed by atoms with van der Waals surface area (Å²) >= 11 is 0. The molecule has 0 atom stereocenters. The summed E-state index contributed by atoms with van der Waals surface area (Å²) in [6.07, 6.45) is 0.908. The molecule has 2 aromatic carbocycles. The molecule has 0 spiro atoms. The van der Waals surface area contributed by atoms with Gasteiger partial charge in [-0.05, 0) is 43.2 Å². The molecular formula is C18H21NO2. The van der Waals surface area contributed by atoms with Crippen LogP contribution >= 0.6 is 0 Å². The minimum atomic E-state index is -0.0236. The van der Waals surface area contributed by atoms with Crippen molar-refractivity contribution < 1.29 is 9.53 Å². The topological polar surface area (TPSA) is 29.5 Å². The molecule has 0 saturated heterocycles. The fourth-order valence-electron chi connectivity index (χ4n) is 2.16. The van der Waals surface area contributed by atoms with E-state index in [1.807, 2.05) is 61.5 Å². The van der Waals surface area contributed by atoms with Crippen LogP contribution in [0.3, 0.4) is 0 Å². The number of rotatable bonds is 6. The first kappa shape index (κ1) is 15.1. The molecule has 110 valence electrons. The minimum Gasteiger partial charge on any atom is -0.484 e. The number of carbonyl (C=O) groups is 1. The second kappa shape index (κ2) is 7.48. The third kappa shape index (κ3) is 4.35. The molecule has 3 nitrogen and oxygen atoms in total. The minimum absolute atomic E-state index is 0.0236. The van der Waals surface area contributed by atoms with Crippen molar-refractivity contribution in [1.82, 2.24) is 0 Å². The van der Waals surface area contributed by atoms with Crippen LogP contribution in [0.25, 0.3) is 0 Å². The molecule has 0 saturated carbocycles. The fourth-order valence-corrected chi connectivity index (χ4v) is 2.16. The molecular weight excluding hydrogens is 262 g/mol. The summed E-state index contributed by atoms with van der Waals surface area (Å²) in [7, 11) is 0. The first-order valence-corrected chi connectivity index (χ1v) is 7.25. The quantitative estimate of drug-likeness (QED) is 0.806. The second-order valence-electron chi connectivity index (χ2n) is 4.99. The lowest BCUT2D eigenvalue weighted by Crippen LogP contribution is -2.35. The van der Waals surface area contributed by atoms with Gasteiger partial charge in [0, 0.05) is 12.2 Å². The van der Waals surface area contributed by atoms with Crippen molar-refractivity contribution in [2.45, 2.75) is 20.3 Å². The van der Waals surface area contributed by atoms with Gasteiger partial charge in [-0.3, -0.25) is 4.79 Å². The Morgan fingerprint density at radius 1 is 1.10 bits per heavy atom. The van der Waals surface area contributed by atoms with Crippen molar-refractivity contribution in [3.05, 3.63) is 60.2 Å². The van der Waals surface area contributed by atoms with E-state index in [9.17, 15) is 4.79 Å². The first-order valence-electron chi connectivity index (χ1n) is 7.25. The summed E-state index contributed by atoms with van der Waals surface area (Å²) in [5.74, 6) is 0.706. The number of nitrogens with zero attached hydrogens (tertiary/aromatic N) is 1. The van der Waals surface area contributed by atoms with Gasteiger partial charge < -0.3 is 9.64 Å². The zero-order valence-electron chi connectivity index (χ0n) is 12.6. The molecule has 1 amide bonds. The molecule has 2 rings (SSSR count). The van der Waals surface area contributed by atoms with E-state index in [0.717, 1.165) is 23.4 Å². The molecule has 3 heteroatoms. The van der Waals surface area contributed by atoms with Crippen molar-refractivity contribution in [2.24, 2.45) is 0 Å². The Hall–Kier alpha value is -2.29. The van der Waals surface area contributed by atoms with Gasteiger partial charge in [-0.1, -0.05) is 37.3 Å². The Morgan fingerprint density at radius 3 is 2.52 bits per heavy atom. The van der Waals surface area contributed by atoms with Crippen LogP contribution in [0.15, 0.2) is 54.6 Å². The Balaban J connectivity index is 2.02. The fraction of sp³-hybridized carbons (Fsp3) is 0.278. The predicted molar refractivity (Wildman–Crippen MR) is 85.8 cm³/mol. The molecule has 0 radical (unpaired) electrons. The molecule has 0 bridgehead atoms. The maximum atomic E-state index is 12.4.